The molecule has 0 aliphatic heterocycles. The number of hydrogen-bond donors (Lipinski definition) is 1. The zero-order valence-corrected chi connectivity index (χ0v) is 10.9. The first-order chi connectivity index (χ1) is 7.69. The molecule has 0 saturated heterocycles. The van der Waals surface area contributed by atoms with Crippen molar-refractivity contribution in [2.45, 2.75) is 46.3 Å². The monoisotopic (exact) mass is 224 g/mol. The fourth-order valence-electron chi connectivity index (χ4n) is 1.62. The SMILES string of the molecule is CCNCc1ccoc1CN(C)C(C)CC. The zero-order valence-electron chi connectivity index (χ0n) is 10.9. The third-order valence-corrected chi connectivity index (χ3v) is 3.14. The van der Waals surface area contributed by atoms with E-state index in [-0.39, 0.29) is 0 Å². The van der Waals surface area contributed by atoms with E-state index in [1.807, 2.05) is 0 Å². The summed E-state index contributed by atoms with van der Waals surface area (Å²) in [4.78, 5) is 2.33. The molecule has 0 aliphatic rings. The Balaban J connectivity index is 2.55. The molecule has 16 heavy (non-hydrogen) atoms. The fourth-order valence-corrected chi connectivity index (χ4v) is 1.62. The molecule has 0 saturated carbocycles. The first kappa shape index (κ1) is 13.3. The Labute approximate surface area is 98.8 Å². The molecule has 0 fully saturated rings. The van der Waals surface area contributed by atoms with E-state index in [4.69, 9.17) is 4.42 Å². The number of nitrogens with one attached hydrogen (secondary N) is 1. The molecule has 0 bridgehead atoms. The van der Waals surface area contributed by atoms with Gasteiger partial charge >= 0.3 is 0 Å². The molecule has 1 N–H and O–H groups in total. The lowest BCUT2D eigenvalue weighted by atomic mass is 10.2. The van der Waals surface area contributed by atoms with Gasteiger partial charge in [0.25, 0.3) is 0 Å². The van der Waals surface area contributed by atoms with Crippen molar-refractivity contribution < 1.29 is 4.42 Å². The molecule has 0 radical (unpaired) electrons. The summed E-state index contributed by atoms with van der Waals surface area (Å²) in [6.45, 7) is 9.35. The first-order valence-corrected chi connectivity index (χ1v) is 6.15. The van der Waals surface area contributed by atoms with Crippen LogP contribution in [-0.2, 0) is 13.1 Å². The molecule has 1 aromatic rings. The summed E-state index contributed by atoms with van der Waals surface area (Å²) in [6.07, 6.45) is 2.95. The molecular formula is C13H24N2O. The molecular weight excluding hydrogens is 200 g/mol. The topological polar surface area (TPSA) is 28.4 Å². The minimum Gasteiger partial charge on any atom is -0.468 e. The van der Waals surface area contributed by atoms with Crippen LogP contribution < -0.4 is 5.32 Å². The normalized spacial score (nSPS) is 13.3. The van der Waals surface area contributed by atoms with Crippen LogP contribution in [0.1, 0.15) is 38.5 Å². The lowest BCUT2D eigenvalue weighted by Crippen LogP contribution is -2.28. The van der Waals surface area contributed by atoms with Gasteiger partial charge < -0.3 is 9.73 Å². The summed E-state index contributed by atoms with van der Waals surface area (Å²) in [5.74, 6) is 1.09. The van der Waals surface area contributed by atoms with Gasteiger partial charge in [-0.15, -0.1) is 0 Å². The Morgan fingerprint density at radius 1 is 1.44 bits per heavy atom. The van der Waals surface area contributed by atoms with Gasteiger partial charge in [0, 0.05) is 18.2 Å². The average Bonchev–Trinajstić information content (AvgIpc) is 2.72. The predicted molar refractivity (Wildman–Crippen MR) is 67.3 cm³/mol. The molecule has 1 rings (SSSR count). The molecule has 3 heteroatoms. The highest BCUT2D eigenvalue weighted by Gasteiger charge is 2.12. The largest absolute Gasteiger partial charge is 0.468 e. The highest BCUT2D eigenvalue weighted by molar-refractivity contribution is 5.16. The van der Waals surface area contributed by atoms with Crippen LogP contribution in [-0.4, -0.2) is 24.5 Å². The summed E-state index contributed by atoms with van der Waals surface area (Å²) >= 11 is 0. The predicted octanol–water partition coefficient (Wildman–Crippen LogP) is 2.62. The maximum Gasteiger partial charge on any atom is 0.122 e. The Hall–Kier alpha value is -0.800. The maximum atomic E-state index is 5.55. The number of furan rings is 1. The smallest absolute Gasteiger partial charge is 0.122 e. The van der Waals surface area contributed by atoms with Crippen molar-refractivity contribution in [2.75, 3.05) is 13.6 Å². The standard InChI is InChI=1S/C13H24N2O/c1-5-11(3)15(4)10-13-12(7-8-16-13)9-14-6-2/h7-8,11,14H,5-6,9-10H2,1-4H3. The molecule has 0 aliphatic carbocycles. The average molecular weight is 224 g/mol. The zero-order chi connectivity index (χ0) is 12.0. The minimum atomic E-state index is 0.595. The van der Waals surface area contributed by atoms with Gasteiger partial charge in [-0.3, -0.25) is 4.90 Å². The summed E-state index contributed by atoms with van der Waals surface area (Å²) in [5.41, 5.74) is 1.28. The van der Waals surface area contributed by atoms with E-state index in [0.717, 1.165) is 25.4 Å². The lowest BCUT2D eigenvalue weighted by molar-refractivity contribution is 0.224. The Morgan fingerprint density at radius 3 is 2.81 bits per heavy atom. The van der Waals surface area contributed by atoms with E-state index in [1.54, 1.807) is 6.26 Å². The maximum absolute atomic E-state index is 5.55. The molecule has 1 unspecified atom stereocenters. The fraction of sp³-hybridized carbons (Fsp3) is 0.692. The van der Waals surface area contributed by atoms with Gasteiger partial charge in [0.1, 0.15) is 5.76 Å². The van der Waals surface area contributed by atoms with Gasteiger partial charge in [-0.1, -0.05) is 13.8 Å². The van der Waals surface area contributed by atoms with Crippen molar-refractivity contribution in [2.24, 2.45) is 0 Å². The first-order valence-electron chi connectivity index (χ1n) is 6.15. The molecule has 92 valence electrons. The Bertz CT molecular complexity index is 296. The highest BCUT2D eigenvalue weighted by Crippen LogP contribution is 2.14. The van der Waals surface area contributed by atoms with Crippen LogP contribution in [0.5, 0.6) is 0 Å². The Kier molecular flexibility index (Phi) is 5.56. The van der Waals surface area contributed by atoms with Crippen molar-refractivity contribution in [3.05, 3.63) is 23.7 Å². The lowest BCUT2D eigenvalue weighted by Gasteiger charge is -2.22. The van der Waals surface area contributed by atoms with E-state index in [1.165, 1.54) is 12.0 Å². The second-order valence-corrected chi connectivity index (χ2v) is 4.32. The molecule has 0 aromatic carbocycles. The number of rotatable bonds is 7. The molecule has 3 nitrogen and oxygen atoms in total. The van der Waals surface area contributed by atoms with Crippen LogP contribution in [0.2, 0.25) is 0 Å². The quantitative estimate of drug-likeness (QED) is 0.771. The van der Waals surface area contributed by atoms with Crippen molar-refractivity contribution in [3.63, 3.8) is 0 Å². The molecule has 1 aromatic heterocycles. The molecule has 1 heterocycles. The molecule has 0 amide bonds. The van der Waals surface area contributed by atoms with Crippen molar-refractivity contribution in [1.29, 1.82) is 0 Å². The molecule has 0 spiro atoms. The van der Waals surface area contributed by atoms with Crippen LogP contribution in [0.15, 0.2) is 16.7 Å². The van der Waals surface area contributed by atoms with Crippen LogP contribution in [0.4, 0.5) is 0 Å². The van der Waals surface area contributed by atoms with Crippen molar-refractivity contribution >= 4 is 0 Å². The Morgan fingerprint density at radius 2 is 2.19 bits per heavy atom. The van der Waals surface area contributed by atoms with Gasteiger partial charge in [-0.25, -0.2) is 0 Å². The number of nitrogens with zero attached hydrogens (tertiary/aromatic N) is 1. The van der Waals surface area contributed by atoms with Gasteiger partial charge in [0.05, 0.1) is 12.8 Å². The minimum absolute atomic E-state index is 0.595. The second kappa shape index (κ2) is 6.71. The number of hydrogen-bond acceptors (Lipinski definition) is 3. The van der Waals surface area contributed by atoms with Crippen LogP contribution in [0, 0.1) is 0 Å². The third-order valence-electron chi connectivity index (χ3n) is 3.14. The summed E-state index contributed by atoms with van der Waals surface area (Å²) in [5, 5.41) is 3.33. The van der Waals surface area contributed by atoms with E-state index < -0.39 is 0 Å². The van der Waals surface area contributed by atoms with Crippen molar-refractivity contribution in [3.8, 4) is 0 Å². The second-order valence-electron chi connectivity index (χ2n) is 4.32. The van der Waals surface area contributed by atoms with Crippen LogP contribution >= 0.6 is 0 Å². The van der Waals surface area contributed by atoms with E-state index in [9.17, 15) is 0 Å². The van der Waals surface area contributed by atoms with E-state index >= 15 is 0 Å². The highest BCUT2D eigenvalue weighted by atomic mass is 16.3. The summed E-state index contributed by atoms with van der Waals surface area (Å²) in [6, 6.07) is 2.65. The third kappa shape index (κ3) is 3.65. The summed E-state index contributed by atoms with van der Waals surface area (Å²) < 4.78 is 5.55. The molecule has 1 atom stereocenters. The van der Waals surface area contributed by atoms with Crippen molar-refractivity contribution in [1.82, 2.24) is 10.2 Å². The van der Waals surface area contributed by atoms with E-state index in [0.29, 0.717) is 6.04 Å². The van der Waals surface area contributed by atoms with Gasteiger partial charge in [0.15, 0.2) is 0 Å². The van der Waals surface area contributed by atoms with Gasteiger partial charge in [0.2, 0.25) is 0 Å². The van der Waals surface area contributed by atoms with Gasteiger partial charge in [-0.05, 0) is 33.0 Å². The van der Waals surface area contributed by atoms with Crippen LogP contribution in [0.25, 0.3) is 0 Å². The van der Waals surface area contributed by atoms with Gasteiger partial charge in [-0.2, -0.15) is 0 Å². The van der Waals surface area contributed by atoms with Crippen LogP contribution in [0.3, 0.4) is 0 Å². The van der Waals surface area contributed by atoms with E-state index in [2.05, 4.69) is 44.1 Å². The summed E-state index contributed by atoms with van der Waals surface area (Å²) in [7, 11) is 2.15.